The van der Waals surface area contributed by atoms with E-state index in [1.807, 2.05) is 26.0 Å². The fourth-order valence-corrected chi connectivity index (χ4v) is 2.16. The van der Waals surface area contributed by atoms with E-state index in [0.717, 1.165) is 16.7 Å². The number of carbonyl (C=O) groups is 2. The van der Waals surface area contributed by atoms with E-state index in [1.54, 1.807) is 0 Å². The number of esters is 1. The van der Waals surface area contributed by atoms with Gasteiger partial charge in [0.15, 0.2) is 0 Å². The first kappa shape index (κ1) is 14.8. The number of hydrogen-bond acceptors (Lipinski definition) is 3. The Morgan fingerprint density at radius 1 is 0.952 bits per heavy atom. The molecule has 0 radical (unpaired) electrons. The Kier molecular flexibility index (Phi) is 4.38. The van der Waals surface area contributed by atoms with Crippen LogP contribution in [-0.4, -0.2) is 11.9 Å². The number of carbonyl (C=O) groups excluding carboxylic acids is 2. The SMILES string of the molecule is Cc1cc(C)cc(COC(=O)c2ccc(C(N)=O)cc2)c1. The minimum absolute atomic E-state index is 0.221. The molecule has 4 heteroatoms. The Labute approximate surface area is 123 Å². The number of rotatable bonds is 4. The second kappa shape index (κ2) is 6.22. The summed E-state index contributed by atoms with van der Waals surface area (Å²) in [7, 11) is 0. The van der Waals surface area contributed by atoms with Crippen LogP contribution in [0, 0.1) is 13.8 Å². The van der Waals surface area contributed by atoms with E-state index in [1.165, 1.54) is 24.3 Å². The standard InChI is InChI=1S/C17H17NO3/c1-11-7-12(2)9-13(8-11)10-21-17(20)15-5-3-14(4-6-15)16(18)19/h3-9H,10H2,1-2H3,(H2,18,19). The lowest BCUT2D eigenvalue weighted by Gasteiger charge is -2.07. The third-order valence-electron chi connectivity index (χ3n) is 3.06. The molecule has 2 aromatic carbocycles. The summed E-state index contributed by atoms with van der Waals surface area (Å²) in [4.78, 5) is 22.9. The van der Waals surface area contributed by atoms with E-state index in [-0.39, 0.29) is 6.61 Å². The summed E-state index contributed by atoms with van der Waals surface area (Å²) in [5, 5.41) is 0. The summed E-state index contributed by atoms with van der Waals surface area (Å²) in [6, 6.07) is 12.1. The molecule has 0 aliphatic heterocycles. The zero-order chi connectivity index (χ0) is 15.4. The fraction of sp³-hybridized carbons (Fsp3) is 0.176. The number of ether oxygens (including phenoxy) is 1. The van der Waals surface area contributed by atoms with Crippen LogP contribution in [0.15, 0.2) is 42.5 Å². The van der Waals surface area contributed by atoms with E-state index in [2.05, 4.69) is 6.07 Å². The van der Waals surface area contributed by atoms with Crippen molar-refractivity contribution in [3.05, 3.63) is 70.3 Å². The lowest BCUT2D eigenvalue weighted by Crippen LogP contribution is -2.11. The number of primary amides is 1. The minimum atomic E-state index is -0.523. The molecule has 0 aliphatic rings. The summed E-state index contributed by atoms with van der Waals surface area (Å²) < 4.78 is 5.27. The molecule has 2 rings (SSSR count). The highest BCUT2D eigenvalue weighted by molar-refractivity contribution is 5.95. The van der Waals surface area contributed by atoms with Crippen molar-refractivity contribution in [1.29, 1.82) is 0 Å². The van der Waals surface area contributed by atoms with E-state index in [0.29, 0.717) is 11.1 Å². The highest BCUT2D eigenvalue weighted by atomic mass is 16.5. The molecule has 0 spiro atoms. The monoisotopic (exact) mass is 283 g/mol. The van der Waals surface area contributed by atoms with Crippen molar-refractivity contribution >= 4 is 11.9 Å². The van der Waals surface area contributed by atoms with Gasteiger partial charge in [-0.2, -0.15) is 0 Å². The number of amides is 1. The van der Waals surface area contributed by atoms with Gasteiger partial charge in [-0.25, -0.2) is 4.79 Å². The van der Waals surface area contributed by atoms with Crippen molar-refractivity contribution in [2.24, 2.45) is 5.73 Å². The molecular formula is C17H17NO3. The zero-order valence-corrected chi connectivity index (χ0v) is 12.1. The van der Waals surface area contributed by atoms with Crippen LogP contribution >= 0.6 is 0 Å². The minimum Gasteiger partial charge on any atom is -0.457 e. The van der Waals surface area contributed by atoms with E-state index >= 15 is 0 Å². The van der Waals surface area contributed by atoms with Crippen LogP contribution in [0.5, 0.6) is 0 Å². The Morgan fingerprint density at radius 2 is 1.48 bits per heavy atom. The molecule has 0 heterocycles. The molecule has 108 valence electrons. The molecule has 1 amide bonds. The molecular weight excluding hydrogens is 266 g/mol. The summed E-state index contributed by atoms with van der Waals surface area (Å²) in [5.74, 6) is -0.949. The number of nitrogens with two attached hydrogens (primary N) is 1. The van der Waals surface area contributed by atoms with Crippen LogP contribution in [0.3, 0.4) is 0 Å². The van der Waals surface area contributed by atoms with Gasteiger partial charge < -0.3 is 10.5 Å². The van der Waals surface area contributed by atoms with Crippen molar-refractivity contribution < 1.29 is 14.3 Å². The zero-order valence-electron chi connectivity index (χ0n) is 12.1. The van der Waals surface area contributed by atoms with Crippen LogP contribution in [0.2, 0.25) is 0 Å². The lowest BCUT2D eigenvalue weighted by atomic mass is 10.1. The van der Waals surface area contributed by atoms with E-state index in [4.69, 9.17) is 10.5 Å². The highest BCUT2D eigenvalue weighted by Crippen LogP contribution is 2.12. The van der Waals surface area contributed by atoms with Gasteiger partial charge in [0.1, 0.15) is 6.61 Å². The van der Waals surface area contributed by atoms with Crippen molar-refractivity contribution in [2.75, 3.05) is 0 Å². The maximum absolute atomic E-state index is 11.9. The highest BCUT2D eigenvalue weighted by Gasteiger charge is 2.09. The molecule has 0 saturated heterocycles. The first-order chi connectivity index (χ1) is 9.95. The number of hydrogen-bond donors (Lipinski definition) is 1. The predicted molar refractivity (Wildman–Crippen MR) is 80.0 cm³/mol. The van der Waals surface area contributed by atoms with Gasteiger partial charge in [-0.3, -0.25) is 4.79 Å². The largest absolute Gasteiger partial charge is 0.457 e. The predicted octanol–water partition coefficient (Wildman–Crippen LogP) is 2.76. The normalized spacial score (nSPS) is 10.2. The smallest absolute Gasteiger partial charge is 0.338 e. The van der Waals surface area contributed by atoms with Crippen LogP contribution < -0.4 is 5.73 Å². The summed E-state index contributed by atoms with van der Waals surface area (Å²) in [6.07, 6.45) is 0. The Balaban J connectivity index is 2.02. The van der Waals surface area contributed by atoms with Crippen LogP contribution in [-0.2, 0) is 11.3 Å². The summed E-state index contributed by atoms with van der Waals surface area (Å²) in [6.45, 7) is 4.22. The molecule has 21 heavy (non-hydrogen) atoms. The van der Waals surface area contributed by atoms with Gasteiger partial charge in [-0.05, 0) is 43.7 Å². The fourth-order valence-electron chi connectivity index (χ4n) is 2.16. The Hall–Kier alpha value is -2.62. The van der Waals surface area contributed by atoms with Gasteiger partial charge in [-0.1, -0.05) is 29.3 Å². The molecule has 0 aromatic heterocycles. The molecule has 0 saturated carbocycles. The van der Waals surface area contributed by atoms with Gasteiger partial charge in [0.05, 0.1) is 5.56 Å². The third-order valence-corrected chi connectivity index (χ3v) is 3.06. The average molecular weight is 283 g/mol. The molecule has 2 aromatic rings. The van der Waals surface area contributed by atoms with Gasteiger partial charge in [0.2, 0.25) is 5.91 Å². The van der Waals surface area contributed by atoms with Crippen molar-refractivity contribution in [3.8, 4) is 0 Å². The van der Waals surface area contributed by atoms with Gasteiger partial charge >= 0.3 is 5.97 Å². The molecule has 4 nitrogen and oxygen atoms in total. The second-order valence-corrected chi connectivity index (χ2v) is 5.01. The first-order valence-corrected chi connectivity index (χ1v) is 6.60. The third kappa shape index (κ3) is 3.92. The average Bonchev–Trinajstić information content (AvgIpc) is 2.44. The van der Waals surface area contributed by atoms with Gasteiger partial charge in [-0.15, -0.1) is 0 Å². The molecule has 0 unspecified atom stereocenters. The van der Waals surface area contributed by atoms with Crippen LogP contribution in [0.25, 0.3) is 0 Å². The van der Waals surface area contributed by atoms with Crippen LogP contribution in [0.1, 0.15) is 37.4 Å². The summed E-state index contributed by atoms with van der Waals surface area (Å²) in [5.41, 5.74) is 9.12. The summed E-state index contributed by atoms with van der Waals surface area (Å²) >= 11 is 0. The second-order valence-electron chi connectivity index (χ2n) is 5.01. The molecule has 0 atom stereocenters. The Morgan fingerprint density at radius 3 is 2.00 bits per heavy atom. The number of aryl methyl sites for hydroxylation is 2. The van der Waals surface area contributed by atoms with Crippen molar-refractivity contribution in [2.45, 2.75) is 20.5 Å². The van der Waals surface area contributed by atoms with Crippen molar-refractivity contribution in [3.63, 3.8) is 0 Å². The maximum Gasteiger partial charge on any atom is 0.338 e. The quantitative estimate of drug-likeness (QED) is 0.877. The molecule has 0 aliphatic carbocycles. The Bertz CT molecular complexity index is 655. The molecule has 0 fully saturated rings. The van der Waals surface area contributed by atoms with Crippen molar-refractivity contribution in [1.82, 2.24) is 0 Å². The number of benzene rings is 2. The van der Waals surface area contributed by atoms with Gasteiger partial charge in [0, 0.05) is 5.56 Å². The van der Waals surface area contributed by atoms with Gasteiger partial charge in [0.25, 0.3) is 0 Å². The molecule has 0 bridgehead atoms. The topological polar surface area (TPSA) is 69.4 Å². The maximum atomic E-state index is 11.9. The van der Waals surface area contributed by atoms with E-state index in [9.17, 15) is 9.59 Å². The molecule has 2 N–H and O–H groups in total. The van der Waals surface area contributed by atoms with E-state index < -0.39 is 11.9 Å². The van der Waals surface area contributed by atoms with Crippen LogP contribution in [0.4, 0.5) is 0 Å². The first-order valence-electron chi connectivity index (χ1n) is 6.60. The lowest BCUT2D eigenvalue weighted by molar-refractivity contribution is 0.0472.